The Morgan fingerprint density at radius 3 is 2.66 bits per heavy atom. The third kappa shape index (κ3) is 3.12. The molecule has 5 heteroatoms. The first-order valence-electron chi connectivity index (χ1n) is 10.8. The van der Waals surface area contributed by atoms with Gasteiger partial charge in [-0.3, -0.25) is 19.1 Å². The maximum Gasteiger partial charge on any atom is 0.231 e. The average Bonchev–Trinajstić information content (AvgIpc) is 3.08. The lowest BCUT2D eigenvalue weighted by atomic mass is 9.79. The molecule has 0 spiro atoms. The lowest BCUT2D eigenvalue weighted by molar-refractivity contribution is -0.136. The quantitative estimate of drug-likeness (QED) is 0.793. The number of rotatable bonds is 4. The van der Waals surface area contributed by atoms with Gasteiger partial charge in [-0.1, -0.05) is 25.1 Å². The maximum atomic E-state index is 13.2. The molecule has 1 unspecified atom stereocenters. The highest BCUT2D eigenvalue weighted by molar-refractivity contribution is 6.03. The molecule has 0 bridgehead atoms. The number of hydrogen-bond acceptors (Lipinski definition) is 3. The average molecular weight is 394 g/mol. The first kappa shape index (κ1) is 19.9. The summed E-state index contributed by atoms with van der Waals surface area (Å²) in [6.45, 7) is 9.55. The number of fused-ring (bicyclic) bond motifs is 2. The van der Waals surface area contributed by atoms with Gasteiger partial charge in [-0.05, 0) is 57.0 Å². The van der Waals surface area contributed by atoms with E-state index in [1.54, 1.807) is 0 Å². The molecule has 1 amide bonds. The molecule has 0 N–H and O–H groups in total. The molecule has 0 saturated carbocycles. The zero-order chi connectivity index (χ0) is 20.9. The van der Waals surface area contributed by atoms with Crippen molar-refractivity contribution in [3.05, 3.63) is 41.6 Å². The number of likely N-dealkylation sites (N-methyl/N-ethyl adjacent to an activating group) is 1. The second-order valence-electron chi connectivity index (χ2n) is 8.58. The van der Waals surface area contributed by atoms with Crippen molar-refractivity contribution >= 4 is 28.3 Å². The minimum absolute atomic E-state index is 0.120. The van der Waals surface area contributed by atoms with Crippen molar-refractivity contribution in [2.75, 3.05) is 20.1 Å². The molecule has 29 heavy (non-hydrogen) atoms. The summed E-state index contributed by atoms with van der Waals surface area (Å²) in [7, 11) is 2.11. The zero-order valence-corrected chi connectivity index (χ0v) is 18.1. The summed E-state index contributed by atoms with van der Waals surface area (Å²) in [5.41, 5.74) is 4.62. The van der Waals surface area contributed by atoms with Crippen LogP contribution < -0.4 is 0 Å². The number of hydrogen-bond donors (Lipinski definition) is 0. The minimum atomic E-state index is -0.134. The van der Waals surface area contributed by atoms with Crippen molar-refractivity contribution < 1.29 is 9.59 Å². The third-order valence-electron chi connectivity index (χ3n) is 6.52. The van der Waals surface area contributed by atoms with Gasteiger partial charge in [0.2, 0.25) is 11.8 Å². The molecule has 0 fully saturated rings. The van der Waals surface area contributed by atoms with Gasteiger partial charge >= 0.3 is 0 Å². The van der Waals surface area contributed by atoms with Crippen LogP contribution in [0.1, 0.15) is 50.0 Å². The van der Waals surface area contributed by atoms with E-state index in [9.17, 15) is 9.59 Å². The molecule has 0 saturated heterocycles. The predicted molar refractivity (Wildman–Crippen MR) is 117 cm³/mol. The molecule has 0 radical (unpaired) electrons. The largest absolute Gasteiger partial charge is 0.340 e. The third-order valence-corrected chi connectivity index (χ3v) is 6.52. The molecule has 2 heterocycles. The van der Waals surface area contributed by atoms with Gasteiger partial charge in [-0.15, -0.1) is 0 Å². The van der Waals surface area contributed by atoms with E-state index in [0.717, 1.165) is 25.0 Å². The lowest BCUT2D eigenvalue weighted by Crippen LogP contribution is -2.49. The van der Waals surface area contributed by atoms with Crippen LogP contribution in [0.5, 0.6) is 0 Å². The van der Waals surface area contributed by atoms with Crippen LogP contribution in [0.2, 0.25) is 0 Å². The van der Waals surface area contributed by atoms with E-state index in [-0.39, 0.29) is 29.8 Å². The Balaban J connectivity index is 1.82. The fourth-order valence-corrected chi connectivity index (χ4v) is 5.08. The summed E-state index contributed by atoms with van der Waals surface area (Å²) in [5, 5.41) is 1.18. The van der Waals surface area contributed by atoms with Crippen LogP contribution in [0, 0.1) is 5.92 Å². The summed E-state index contributed by atoms with van der Waals surface area (Å²) < 4.78 is 1.81. The SMILES string of the molecule is CCC(=O)n1cc2c3c(cccc31)C1=C[C@@H](C(=O)N(CC)C(C)C)CN(C)C1C2. The molecule has 2 aliphatic rings. The second kappa shape index (κ2) is 7.45. The van der Waals surface area contributed by atoms with Crippen molar-refractivity contribution in [2.45, 2.75) is 52.6 Å². The molecule has 1 aliphatic carbocycles. The van der Waals surface area contributed by atoms with Crippen molar-refractivity contribution in [3.8, 4) is 0 Å². The van der Waals surface area contributed by atoms with Crippen molar-refractivity contribution in [1.82, 2.24) is 14.4 Å². The Hall–Kier alpha value is -2.40. The van der Waals surface area contributed by atoms with Gasteiger partial charge in [0, 0.05) is 43.2 Å². The second-order valence-corrected chi connectivity index (χ2v) is 8.58. The molecule has 1 aromatic heterocycles. The molecule has 4 rings (SSSR count). The van der Waals surface area contributed by atoms with Crippen LogP contribution in [0.15, 0.2) is 30.5 Å². The van der Waals surface area contributed by atoms with Crippen molar-refractivity contribution in [2.24, 2.45) is 5.92 Å². The summed E-state index contributed by atoms with van der Waals surface area (Å²) in [6.07, 6.45) is 5.59. The van der Waals surface area contributed by atoms with Gasteiger partial charge in [0.25, 0.3) is 0 Å². The topological polar surface area (TPSA) is 45.6 Å². The number of carbonyl (C=O) groups is 2. The summed E-state index contributed by atoms with van der Waals surface area (Å²) in [5.74, 6) is 0.191. The van der Waals surface area contributed by atoms with Crippen LogP contribution in [0.4, 0.5) is 0 Å². The van der Waals surface area contributed by atoms with Gasteiger partial charge in [0.05, 0.1) is 11.4 Å². The number of aromatic nitrogens is 1. The highest BCUT2D eigenvalue weighted by Gasteiger charge is 2.37. The van der Waals surface area contributed by atoms with E-state index in [1.165, 1.54) is 22.1 Å². The standard InChI is InChI=1S/C24H31N3O2/c1-6-22(28)27-14-16-12-21-19(18-9-8-10-20(27)23(16)18)11-17(13-25(21)5)24(29)26(7-2)15(3)4/h8-11,14-15,17,21H,6-7,12-13H2,1-5H3/t17-,21?/m1/s1. The summed E-state index contributed by atoms with van der Waals surface area (Å²) >= 11 is 0. The number of carbonyl (C=O) groups excluding carboxylic acids is 2. The van der Waals surface area contributed by atoms with Gasteiger partial charge in [-0.25, -0.2) is 0 Å². The smallest absolute Gasteiger partial charge is 0.231 e. The molecule has 1 aliphatic heterocycles. The van der Waals surface area contributed by atoms with E-state index >= 15 is 0 Å². The normalized spacial score (nSPS) is 21.2. The van der Waals surface area contributed by atoms with Crippen LogP contribution >= 0.6 is 0 Å². The molecule has 2 atom stereocenters. The number of benzene rings is 1. The van der Waals surface area contributed by atoms with E-state index in [2.05, 4.69) is 37.9 Å². The van der Waals surface area contributed by atoms with E-state index in [1.807, 2.05) is 41.6 Å². The first-order valence-corrected chi connectivity index (χ1v) is 10.8. The first-order chi connectivity index (χ1) is 13.9. The van der Waals surface area contributed by atoms with Crippen molar-refractivity contribution in [3.63, 3.8) is 0 Å². The molecular weight excluding hydrogens is 362 g/mol. The molecule has 1 aromatic carbocycles. The highest BCUT2D eigenvalue weighted by atomic mass is 16.2. The fraction of sp³-hybridized carbons (Fsp3) is 0.500. The van der Waals surface area contributed by atoms with E-state index < -0.39 is 0 Å². The van der Waals surface area contributed by atoms with Gasteiger partial charge in [0.1, 0.15) is 0 Å². The Morgan fingerprint density at radius 2 is 2.00 bits per heavy atom. The lowest BCUT2D eigenvalue weighted by Gasteiger charge is -2.41. The van der Waals surface area contributed by atoms with Gasteiger partial charge in [0.15, 0.2) is 0 Å². The highest BCUT2D eigenvalue weighted by Crippen LogP contribution is 2.42. The fourth-order valence-electron chi connectivity index (χ4n) is 5.08. The van der Waals surface area contributed by atoms with Crippen LogP contribution in [-0.4, -0.2) is 58.4 Å². The Morgan fingerprint density at radius 1 is 1.24 bits per heavy atom. The maximum absolute atomic E-state index is 13.2. The van der Waals surface area contributed by atoms with E-state index in [0.29, 0.717) is 6.42 Å². The molecule has 2 aromatic rings. The monoisotopic (exact) mass is 393 g/mol. The number of nitrogens with zero attached hydrogens (tertiary/aromatic N) is 3. The zero-order valence-electron chi connectivity index (χ0n) is 18.1. The minimum Gasteiger partial charge on any atom is -0.340 e. The Bertz CT molecular complexity index is 1000. The van der Waals surface area contributed by atoms with Crippen LogP contribution in [0.3, 0.4) is 0 Å². The van der Waals surface area contributed by atoms with Crippen LogP contribution in [0.25, 0.3) is 16.5 Å². The summed E-state index contributed by atoms with van der Waals surface area (Å²) in [6, 6.07) is 6.65. The van der Waals surface area contributed by atoms with Gasteiger partial charge < -0.3 is 4.90 Å². The van der Waals surface area contributed by atoms with Crippen LogP contribution in [-0.2, 0) is 11.2 Å². The van der Waals surface area contributed by atoms with E-state index in [4.69, 9.17) is 0 Å². The number of amides is 1. The van der Waals surface area contributed by atoms with Gasteiger partial charge in [-0.2, -0.15) is 0 Å². The molecular formula is C24H31N3O2. The summed E-state index contributed by atoms with van der Waals surface area (Å²) in [4.78, 5) is 30.0. The predicted octanol–water partition coefficient (Wildman–Crippen LogP) is 3.82. The molecule has 154 valence electrons. The van der Waals surface area contributed by atoms with Crippen molar-refractivity contribution in [1.29, 1.82) is 0 Å². The molecule has 5 nitrogen and oxygen atoms in total. The Labute approximate surface area is 173 Å². The Kier molecular flexibility index (Phi) is 5.11.